The van der Waals surface area contributed by atoms with Gasteiger partial charge < -0.3 is 9.97 Å². The van der Waals surface area contributed by atoms with Gasteiger partial charge in [0.25, 0.3) is 0 Å². The van der Waals surface area contributed by atoms with E-state index in [0.29, 0.717) is 45.2 Å². The maximum atomic E-state index is 5.51. The van der Waals surface area contributed by atoms with Gasteiger partial charge in [0, 0.05) is 81.5 Å². The number of hydrogen-bond acceptors (Lipinski definition) is 22. The predicted octanol–water partition coefficient (Wildman–Crippen LogP) is 18.8. The molecule has 0 radical (unpaired) electrons. The zero-order valence-corrected chi connectivity index (χ0v) is 48.5. The van der Waals surface area contributed by atoms with E-state index in [2.05, 4.69) is 102 Å². The van der Waals surface area contributed by atoms with Crippen molar-refractivity contribution in [3.8, 4) is 0 Å². The third-order valence-corrected chi connectivity index (χ3v) is 32.7. The van der Waals surface area contributed by atoms with Crippen molar-refractivity contribution in [3.63, 3.8) is 0 Å². The van der Waals surface area contributed by atoms with E-state index >= 15 is 0 Å². The summed E-state index contributed by atoms with van der Waals surface area (Å²) in [4.78, 5) is 45.1. The Kier molecular flexibility index (Phi) is 10.7. The van der Waals surface area contributed by atoms with E-state index in [9.17, 15) is 0 Å². The Bertz CT molecular complexity index is 4270. The number of rotatable bonds is 0. The number of nitrogens with one attached hydrogen (secondary N) is 2. The Morgan fingerprint density at radius 3 is 0.806 bits per heavy atom. The molecule has 72 heavy (non-hydrogen) atoms. The second-order valence-corrected chi connectivity index (χ2v) is 33.9. The van der Waals surface area contributed by atoms with E-state index in [-0.39, 0.29) is 0 Å². The highest BCUT2D eigenvalue weighted by Gasteiger charge is 2.27. The van der Waals surface area contributed by atoms with E-state index in [1.54, 1.807) is 94.1 Å². The van der Waals surface area contributed by atoms with Crippen LogP contribution >= 0.6 is 186 Å². The van der Waals surface area contributed by atoms with Crippen molar-refractivity contribution >= 4 is 302 Å². The summed E-state index contributed by atoms with van der Waals surface area (Å²) >= 11 is 28.9. The molecule has 0 saturated carbocycles. The number of thioether (sulfide) groups is 12. The topological polar surface area (TPSA) is 109 Å². The molecular formula is C48H18N8S16. The number of fused-ring (bicyclic) bond motifs is 24. The molecule has 0 spiro atoms. The van der Waals surface area contributed by atoms with Gasteiger partial charge in [-0.1, -0.05) is 141 Å². The van der Waals surface area contributed by atoms with Crippen molar-refractivity contribution in [2.45, 2.75) is 19.6 Å². The first-order valence-electron chi connectivity index (χ1n) is 21.4. The second-order valence-electron chi connectivity index (χ2n) is 16.1. The third kappa shape index (κ3) is 7.29. The molecule has 0 amide bonds. The number of aromatic amines is 2. The highest BCUT2D eigenvalue weighted by molar-refractivity contribution is 8.35. The fourth-order valence-electron chi connectivity index (χ4n) is 8.88. The zero-order valence-electron chi connectivity index (χ0n) is 35.5. The Morgan fingerprint density at radius 1 is 0.264 bits per heavy atom. The maximum absolute atomic E-state index is 5.51. The minimum Gasteiger partial charge on any atom is -0.324 e. The molecule has 6 aliphatic rings. The van der Waals surface area contributed by atoms with Crippen LogP contribution in [0.15, 0.2) is 128 Å². The minimum absolute atomic E-state index is 0.606. The molecule has 0 unspecified atom stereocenters. The lowest BCUT2D eigenvalue weighted by atomic mass is 10.2. The van der Waals surface area contributed by atoms with Gasteiger partial charge in [0.1, 0.15) is 30.3 Å². The molecule has 7 aromatic heterocycles. The number of aromatic nitrogens is 8. The normalized spacial score (nSPS) is 17.5. The fourth-order valence-corrected chi connectivity index (χ4v) is 27.7. The van der Waals surface area contributed by atoms with E-state index < -0.39 is 0 Å². The molecule has 8 nitrogen and oxygen atoms in total. The molecule has 0 aliphatic carbocycles. The van der Waals surface area contributed by atoms with Gasteiger partial charge in [-0.25, -0.2) is 29.9 Å². The summed E-state index contributed by atoms with van der Waals surface area (Å²) in [5.41, 5.74) is 5.20. The number of nitrogens with zero attached hydrogens (tertiary/aromatic N) is 6. The fraction of sp³-hybridized carbons (Fsp3) is 0. The van der Waals surface area contributed by atoms with Gasteiger partial charge in [-0.3, -0.25) is 0 Å². The smallest absolute Gasteiger partial charge is 0.164 e. The van der Waals surface area contributed by atoms with Crippen LogP contribution in [0.2, 0.25) is 0 Å². The summed E-state index contributed by atoms with van der Waals surface area (Å²) in [5.74, 6) is 0. The van der Waals surface area contributed by atoms with Gasteiger partial charge in [0.05, 0.1) is 25.4 Å². The second kappa shape index (κ2) is 17.4. The van der Waals surface area contributed by atoms with Crippen molar-refractivity contribution in [3.05, 3.63) is 116 Å². The summed E-state index contributed by atoms with van der Waals surface area (Å²) in [7, 11) is 0. The van der Waals surface area contributed by atoms with E-state index in [1.807, 2.05) is 92.4 Å². The van der Waals surface area contributed by atoms with E-state index in [4.69, 9.17) is 29.9 Å². The van der Waals surface area contributed by atoms with E-state index in [1.165, 1.54) is 71.5 Å². The molecule has 6 aliphatic heterocycles. The lowest BCUT2D eigenvalue weighted by Crippen LogP contribution is -1.85. The van der Waals surface area contributed by atoms with Crippen LogP contribution in [0.25, 0.3) is 116 Å². The summed E-state index contributed by atoms with van der Waals surface area (Å²) in [6.45, 7) is 0. The van der Waals surface area contributed by atoms with Crippen molar-refractivity contribution in [1.82, 2.24) is 39.9 Å². The first kappa shape index (κ1) is 44.4. The molecule has 0 saturated heterocycles. The quantitative estimate of drug-likeness (QED) is 0.150. The largest absolute Gasteiger partial charge is 0.324 e. The van der Waals surface area contributed by atoms with Gasteiger partial charge in [-0.15, -0.1) is 45.3 Å². The first-order chi connectivity index (χ1) is 35.5. The SMILES string of the molecule is C1=CSC(=C2Sc3cc4c5nc6nc(nc7[nH]c(nc8nc(nc([nH]5)c4cc3S2)c2cc3sc(=C4SC=CS4)sc3cc82)c2cc3c(cc72)SC(=C2SC=CS2)S3)c2cc3sc(=C4SC=CS4)sc3cc62)S1. The van der Waals surface area contributed by atoms with E-state index in [0.717, 1.165) is 43.1 Å². The molecule has 0 fully saturated rings. The zero-order chi connectivity index (χ0) is 46.8. The Labute approximate surface area is 472 Å². The van der Waals surface area contributed by atoms with Crippen LogP contribution in [-0.2, 0) is 0 Å². The molecule has 11 aromatic rings. The van der Waals surface area contributed by atoms with Crippen LogP contribution < -0.4 is 7.69 Å². The highest BCUT2D eigenvalue weighted by atomic mass is 32.2. The molecule has 4 aromatic carbocycles. The van der Waals surface area contributed by atoms with Crippen LogP contribution in [0.5, 0.6) is 0 Å². The molecule has 2 N–H and O–H groups in total. The van der Waals surface area contributed by atoms with Crippen LogP contribution in [0, 0.1) is 0 Å². The number of benzene rings is 4. The molecule has 24 heteroatoms. The van der Waals surface area contributed by atoms with Crippen molar-refractivity contribution in [1.29, 1.82) is 0 Å². The maximum Gasteiger partial charge on any atom is 0.164 e. The van der Waals surface area contributed by atoms with Gasteiger partial charge in [0.15, 0.2) is 22.6 Å². The van der Waals surface area contributed by atoms with Crippen LogP contribution in [0.3, 0.4) is 0 Å². The van der Waals surface area contributed by atoms with Gasteiger partial charge in [-0.2, -0.15) is 0 Å². The van der Waals surface area contributed by atoms with Crippen molar-refractivity contribution in [2.75, 3.05) is 0 Å². The van der Waals surface area contributed by atoms with Crippen molar-refractivity contribution in [2.24, 2.45) is 0 Å². The van der Waals surface area contributed by atoms with Gasteiger partial charge >= 0.3 is 0 Å². The van der Waals surface area contributed by atoms with Gasteiger partial charge in [-0.05, 0) is 91.8 Å². The summed E-state index contributed by atoms with van der Waals surface area (Å²) in [5, 5.41) is 25.0. The molecular weight excluding hydrogens is 1200 g/mol. The summed E-state index contributed by atoms with van der Waals surface area (Å²) in [6.07, 6.45) is 0. The average molecular weight is 1220 g/mol. The Balaban J connectivity index is 1.01. The lowest BCUT2D eigenvalue weighted by molar-refractivity contribution is 1.28. The van der Waals surface area contributed by atoms with Crippen LogP contribution in [0.4, 0.5) is 0 Å². The molecule has 0 atom stereocenters. The van der Waals surface area contributed by atoms with Crippen LogP contribution in [0.1, 0.15) is 0 Å². The predicted molar refractivity (Wildman–Crippen MR) is 336 cm³/mol. The number of hydrogen-bond donors (Lipinski definition) is 2. The lowest BCUT2D eigenvalue weighted by Gasteiger charge is -1.97. The molecule has 17 rings (SSSR count). The molecule has 13 heterocycles. The van der Waals surface area contributed by atoms with Crippen LogP contribution in [-0.4, -0.2) is 39.9 Å². The number of H-pyrrole nitrogens is 2. The summed E-state index contributed by atoms with van der Waals surface area (Å²) < 4.78 is 15.2. The van der Waals surface area contributed by atoms with Gasteiger partial charge in [0.2, 0.25) is 0 Å². The molecule has 8 bridgehead atoms. The Morgan fingerprint density at radius 2 is 0.528 bits per heavy atom. The average Bonchev–Trinajstić information content (AvgIpc) is 4.23. The highest BCUT2D eigenvalue weighted by Crippen LogP contribution is 2.60. The standard InChI is InChI=1S/C48H18N8S16/c1-2-58-41(57-1)45-65-25-9-17-18(10-26(25)66-45)34-49-33(17)53-35-19-11-27-29(69-46(67-27)42-59-3-4-60-42)13-21(19)37(50-35)55-39-23-15-31-32(72-48(71-31)44-63-7-8-64-44)16-24(23)40(52-39)56-38-22-14-30-28(12-20(22)36(51-38)54-34)68-47(70-30)43-61-5-6-62-43/h1-16H,(H2,49,50,51,52,53,54,55,56). The molecule has 346 valence electrons. The van der Waals surface area contributed by atoms with Crippen molar-refractivity contribution < 1.29 is 0 Å². The minimum atomic E-state index is 0.606. The summed E-state index contributed by atoms with van der Waals surface area (Å²) in [6, 6.07) is 18.2. The first-order valence-corrected chi connectivity index (χ1v) is 35.0. The Hall–Kier alpha value is -2.76. The third-order valence-electron chi connectivity index (χ3n) is 12.0. The monoisotopic (exact) mass is 1220 g/mol.